The lowest BCUT2D eigenvalue weighted by Gasteiger charge is -2.38. The molecule has 0 aliphatic carbocycles. The van der Waals surface area contributed by atoms with Gasteiger partial charge in [-0.15, -0.1) is 0 Å². The molecule has 0 radical (unpaired) electrons. The molecule has 6 nitrogen and oxygen atoms in total. The first kappa shape index (κ1) is 13.9. The number of nitrogens with zero attached hydrogens (tertiary/aromatic N) is 1. The molecule has 17 heavy (non-hydrogen) atoms. The summed E-state index contributed by atoms with van der Waals surface area (Å²) in [5.41, 5.74) is 0. The fourth-order valence-electron chi connectivity index (χ4n) is 1.98. The van der Waals surface area contributed by atoms with E-state index in [0.717, 1.165) is 0 Å². The van der Waals surface area contributed by atoms with E-state index in [4.69, 9.17) is 4.74 Å². The first-order valence-electron chi connectivity index (χ1n) is 5.86. The van der Waals surface area contributed by atoms with Gasteiger partial charge in [-0.25, -0.2) is 4.79 Å². The van der Waals surface area contributed by atoms with E-state index in [-0.39, 0.29) is 24.2 Å². The van der Waals surface area contributed by atoms with E-state index in [9.17, 15) is 9.59 Å². The molecule has 0 saturated carbocycles. The van der Waals surface area contributed by atoms with Crippen molar-refractivity contribution in [2.45, 2.75) is 39.0 Å². The van der Waals surface area contributed by atoms with Gasteiger partial charge in [0.2, 0.25) is 5.91 Å². The average molecular weight is 243 g/mol. The summed E-state index contributed by atoms with van der Waals surface area (Å²) in [6.07, 6.45) is 0.211. The Morgan fingerprint density at radius 2 is 1.82 bits per heavy atom. The third kappa shape index (κ3) is 3.98. The van der Waals surface area contributed by atoms with Gasteiger partial charge in [0.1, 0.15) is 0 Å². The number of carbonyl (C=O) groups excluding carboxylic acids is 2. The summed E-state index contributed by atoms with van der Waals surface area (Å²) in [6.45, 7) is 7.15. The fraction of sp³-hybridized carbons (Fsp3) is 0.818. The zero-order valence-corrected chi connectivity index (χ0v) is 10.8. The molecule has 1 aliphatic heterocycles. The van der Waals surface area contributed by atoms with Crippen LogP contribution in [-0.2, 0) is 9.53 Å². The van der Waals surface area contributed by atoms with E-state index in [1.165, 1.54) is 7.05 Å². The maximum absolute atomic E-state index is 11.8. The second-order valence-electron chi connectivity index (χ2n) is 4.46. The van der Waals surface area contributed by atoms with Crippen molar-refractivity contribution in [3.8, 4) is 0 Å². The van der Waals surface area contributed by atoms with E-state index in [0.29, 0.717) is 13.1 Å². The standard InChI is InChI=1S/C11H21N3O3/c1-7-5-14(6-8(2)17-7)9(3)10(15)13-11(16)12-4/h7-9H,5-6H2,1-4H3,(H2,12,13,15,16)/t7-,8-,9-/m0/s1. The van der Waals surface area contributed by atoms with E-state index in [2.05, 4.69) is 10.6 Å². The Balaban J connectivity index is 2.53. The van der Waals surface area contributed by atoms with E-state index < -0.39 is 6.03 Å². The number of rotatable bonds is 2. The Bertz CT molecular complexity index is 286. The quantitative estimate of drug-likeness (QED) is 0.713. The average Bonchev–Trinajstić information content (AvgIpc) is 2.26. The van der Waals surface area contributed by atoms with Crippen LogP contribution in [0.1, 0.15) is 20.8 Å². The van der Waals surface area contributed by atoms with Gasteiger partial charge in [-0.1, -0.05) is 0 Å². The molecule has 0 aromatic carbocycles. The molecular weight excluding hydrogens is 222 g/mol. The molecule has 1 rings (SSSR count). The van der Waals surface area contributed by atoms with E-state index >= 15 is 0 Å². The van der Waals surface area contributed by atoms with E-state index in [1.807, 2.05) is 18.7 Å². The first-order chi connectivity index (χ1) is 7.93. The normalized spacial score (nSPS) is 27.3. The Kier molecular flexibility index (Phi) is 4.89. The first-order valence-corrected chi connectivity index (χ1v) is 5.86. The summed E-state index contributed by atoms with van der Waals surface area (Å²) < 4.78 is 5.60. The van der Waals surface area contributed by atoms with Crippen LogP contribution in [0.15, 0.2) is 0 Å². The van der Waals surface area contributed by atoms with Gasteiger partial charge in [0.25, 0.3) is 0 Å². The van der Waals surface area contributed by atoms with Crippen molar-refractivity contribution in [1.82, 2.24) is 15.5 Å². The molecular formula is C11H21N3O3. The molecule has 1 aliphatic rings. The van der Waals surface area contributed by atoms with Crippen LogP contribution in [0.3, 0.4) is 0 Å². The number of hydrogen-bond donors (Lipinski definition) is 2. The number of urea groups is 1. The Morgan fingerprint density at radius 1 is 1.29 bits per heavy atom. The van der Waals surface area contributed by atoms with Crippen LogP contribution in [0.25, 0.3) is 0 Å². The molecule has 0 aromatic heterocycles. The van der Waals surface area contributed by atoms with E-state index in [1.54, 1.807) is 6.92 Å². The van der Waals surface area contributed by atoms with Crippen LogP contribution < -0.4 is 10.6 Å². The highest BCUT2D eigenvalue weighted by Gasteiger charge is 2.29. The molecule has 0 unspecified atom stereocenters. The van der Waals surface area contributed by atoms with Gasteiger partial charge in [0.05, 0.1) is 18.2 Å². The summed E-state index contributed by atoms with van der Waals surface area (Å²) in [5, 5.41) is 4.64. The highest BCUT2D eigenvalue weighted by molar-refractivity contribution is 5.96. The Morgan fingerprint density at radius 3 is 2.29 bits per heavy atom. The monoisotopic (exact) mass is 243 g/mol. The highest BCUT2D eigenvalue weighted by atomic mass is 16.5. The summed E-state index contributed by atoms with van der Waals surface area (Å²) in [6, 6.07) is -0.808. The van der Waals surface area contributed by atoms with Crippen molar-refractivity contribution >= 4 is 11.9 Å². The minimum absolute atomic E-state index is 0.106. The second-order valence-corrected chi connectivity index (χ2v) is 4.46. The molecule has 3 atom stereocenters. The molecule has 0 spiro atoms. The fourth-order valence-corrected chi connectivity index (χ4v) is 1.98. The zero-order chi connectivity index (χ0) is 13.0. The molecule has 1 fully saturated rings. The number of nitrogens with one attached hydrogen (secondary N) is 2. The number of morpholine rings is 1. The van der Waals surface area contributed by atoms with Gasteiger partial charge in [0.15, 0.2) is 0 Å². The summed E-state index contributed by atoms with van der Waals surface area (Å²) in [7, 11) is 1.48. The lowest BCUT2D eigenvalue weighted by molar-refractivity contribution is -0.130. The van der Waals surface area contributed by atoms with Crippen LogP contribution in [0.2, 0.25) is 0 Å². The minimum atomic E-state index is -0.476. The number of amides is 3. The summed E-state index contributed by atoms with van der Waals surface area (Å²) in [4.78, 5) is 24.8. The van der Waals surface area contributed by atoms with Crippen molar-refractivity contribution in [2.75, 3.05) is 20.1 Å². The van der Waals surface area contributed by atoms with Crippen molar-refractivity contribution in [1.29, 1.82) is 0 Å². The van der Waals surface area contributed by atoms with Crippen LogP contribution in [-0.4, -0.2) is 55.2 Å². The van der Waals surface area contributed by atoms with Crippen LogP contribution in [0, 0.1) is 0 Å². The predicted octanol–water partition coefficient (Wildman–Crippen LogP) is -0.0603. The van der Waals surface area contributed by atoms with Gasteiger partial charge < -0.3 is 10.1 Å². The lowest BCUT2D eigenvalue weighted by Crippen LogP contribution is -2.55. The van der Waals surface area contributed by atoms with Crippen molar-refractivity contribution in [3.05, 3.63) is 0 Å². The van der Waals surface area contributed by atoms with Gasteiger partial charge >= 0.3 is 6.03 Å². The van der Waals surface area contributed by atoms with Crippen LogP contribution in [0.4, 0.5) is 4.79 Å². The maximum atomic E-state index is 11.8. The largest absolute Gasteiger partial charge is 0.373 e. The Labute approximate surface area is 102 Å². The number of ether oxygens (including phenoxy) is 1. The number of hydrogen-bond acceptors (Lipinski definition) is 4. The second kappa shape index (κ2) is 5.97. The number of carbonyl (C=O) groups is 2. The van der Waals surface area contributed by atoms with Gasteiger partial charge in [0, 0.05) is 20.1 Å². The third-order valence-electron chi connectivity index (χ3n) is 2.84. The zero-order valence-electron chi connectivity index (χ0n) is 10.8. The minimum Gasteiger partial charge on any atom is -0.373 e. The maximum Gasteiger partial charge on any atom is 0.321 e. The molecule has 6 heteroatoms. The van der Waals surface area contributed by atoms with Crippen molar-refractivity contribution in [3.63, 3.8) is 0 Å². The van der Waals surface area contributed by atoms with Crippen LogP contribution in [0.5, 0.6) is 0 Å². The molecule has 1 saturated heterocycles. The summed E-state index contributed by atoms with van der Waals surface area (Å²) in [5.74, 6) is -0.286. The van der Waals surface area contributed by atoms with Crippen molar-refractivity contribution in [2.24, 2.45) is 0 Å². The Hall–Kier alpha value is -1.14. The summed E-state index contributed by atoms with van der Waals surface area (Å²) >= 11 is 0. The molecule has 0 aromatic rings. The van der Waals surface area contributed by atoms with Crippen LogP contribution >= 0.6 is 0 Å². The third-order valence-corrected chi connectivity index (χ3v) is 2.84. The van der Waals surface area contributed by atoms with Gasteiger partial charge in [-0.05, 0) is 20.8 Å². The predicted molar refractivity (Wildman–Crippen MR) is 63.6 cm³/mol. The molecule has 1 heterocycles. The topological polar surface area (TPSA) is 70.7 Å². The molecule has 98 valence electrons. The molecule has 0 bridgehead atoms. The smallest absolute Gasteiger partial charge is 0.321 e. The van der Waals surface area contributed by atoms with Gasteiger partial charge in [-0.3, -0.25) is 15.0 Å². The van der Waals surface area contributed by atoms with Gasteiger partial charge in [-0.2, -0.15) is 0 Å². The van der Waals surface area contributed by atoms with Crippen molar-refractivity contribution < 1.29 is 14.3 Å². The molecule has 3 amide bonds. The molecule has 2 N–H and O–H groups in total. The SMILES string of the molecule is CNC(=O)NC(=O)[C@H](C)N1C[C@H](C)O[C@@H](C)C1. The highest BCUT2D eigenvalue weighted by Crippen LogP contribution is 2.13. The number of imide groups is 1. The lowest BCUT2D eigenvalue weighted by atomic mass is 10.1.